The Balaban J connectivity index is 2.19. The maximum Gasteiger partial charge on any atom is 0.323 e. The van der Waals surface area contributed by atoms with Gasteiger partial charge in [0.2, 0.25) is 5.91 Å². The fourth-order valence-electron chi connectivity index (χ4n) is 2.11. The molecular formula is C14H17N3O3. The van der Waals surface area contributed by atoms with Crippen molar-refractivity contribution in [2.24, 2.45) is 0 Å². The molecule has 6 heteroatoms. The lowest BCUT2D eigenvalue weighted by Crippen LogP contribution is -2.41. The van der Waals surface area contributed by atoms with Crippen LogP contribution < -0.4 is 0 Å². The molecule has 6 nitrogen and oxygen atoms in total. The fraction of sp³-hybridized carbons (Fsp3) is 0.357. The zero-order valence-corrected chi connectivity index (χ0v) is 11.5. The highest BCUT2D eigenvalue weighted by Crippen LogP contribution is 2.16. The molecule has 2 N–H and O–H groups in total. The van der Waals surface area contributed by atoms with E-state index in [-0.39, 0.29) is 24.9 Å². The summed E-state index contributed by atoms with van der Waals surface area (Å²) in [5, 5.41) is 16.7. The van der Waals surface area contributed by atoms with Crippen molar-refractivity contribution in [2.75, 3.05) is 6.54 Å². The van der Waals surface area contributed by atoms with Crippen molar-refractivity contribution in [1.29, 1.82) is 0 Å². The molecular weight excluding hydrogens is 258 g/mol. The SMILES string of the molecule is CC(C)N(CC(=O)O)C(=O)Cc1[nH]nc2ccccc12. The van der Waals surface area contributed by atoms with Gasteiger partial charge in [-0.05, 0) is 19.9 Å². The van der Waals surface area contributed by atoms with Gasteiger partial charge in [-0.15, -0.1) is 0 Å². The van der Waals surface area contributed by atoms with E-state index in [2.05, 4.69) is 10.2 Å². The Morgan fingerprint density at radius 2 is 2.05 bits per heavy atom. The summed E-state index contributed by atoms with van der Waals surface area (Å²) in [6.07, 6.45) is 0.117. The minimum absolute atomic E-state index is 0.117. The number of H-pyrrole nitrogens is 1. The van der Waals surface area contributed by atoms with Gasteiger partial charge in [0.1, 0.15) is 6.54 Å². The molecule has 0 aliphatic rings. The molecule has 0 saturated carbocycles. The zero-order chi connectivity index (χ0) is 14.7. The van der Waals surface area contributed by atoms with Gasteiger partial charge < -0.3 is 10.0 Å². The van der Waals surface area contributed by atoms with Crippen molar-refractivity contribution in [2.45, 2.75) is 26.3 Å². The Morgan fingerprint density at radius 3 is 2.70 bits per heavy atom. The monoisotopic (exact) mass is 275 g/mol. The van der Waals surface area contributed by atoms with Gasteiger partial charge in [0.05, 0.1) is 17.6 Å². The molecule has 1 heterocycles. The second-order valence-corrected chi connectivity index (χ2v) is 4.91. The van der Waals surface area contributed by atoms with E-state index in [9.17, 15) is 9.59 Å². The lowest BCUT2D eigenvalue weighted by Gasteiger charge is -2.24. The van der Waals surface area contributed by atoms with Crippen molar-refractivity contribution in [3.05, 3.63) is 30.0 Å². The summed E-state index contributed by atoms with van der Waals surface area (Å²) >= 11 is 0. The molecule has 0 atom stereocenters. The maximum absolute atomic E-state index is 12.2. The van der Waals surface area contributed by atoms with E-state index in [1.807, 2.05) is 24.3 Å². The van der Waals surface area contributed by atoms with Gasteiger partial charge in [0.25, 0.3) is 0 Å². The van der Waals surface area contributed by atoms with Crippen LogP contribution in [0.5, 0.6) is 0 Å². The van der Waals surface area contributed by atoms with Crippen LogP contribution in [0, 0.1) is 0 Å². The van der Waals surface area contributed by atoms with E-state index in [1.165, 1.54) is 4.90 Å². The largest absolute Gasteiger partial charge is 0.480 e. The first kappa shape index (κ1) is 14.0. The van der Waals surface area contributed by atoms with Crippen LogP contribution in [-0.2, 0) is 16.0 Å². The standard InChI is InChI=1S/C14H17N3O3/c1-9(2)17(8-14(19)20)13(18)7-12-10-5-3-4-6-11(10)15-16-12/h3-6,9H,7-8H2,1-2H3,(H,15,16)(H,19,20). The smallest absolute Gasteiger partial charge is 0.323 e. The molecule has 0 radical (unpaired) electrons. The molecule has 0 aliphatic heterocycles. The Labute approximate surface area is 116 Å². The van der Waals surface area contributed by atoms with Crippen LogP contribution in [0.1, 0.15) is 19.5 Å². The molecule has 2 aromatic rings. The van der Waals surface area contributed by atoms with Crippen molar-refractivity contribution >= 4 is 22.8 Å². The average molecular weight is 275 g/mol. The van der Waals surface area contributed by atoms with Crippen LogP contribution in [0.2, 0.25) is 0 Å². The number of aromatic amines is 1. The number of nitrogens with zero attached hydrogens (tertiary/aromatic N) is 2. The normalized spacial score (nSPS) is 10.9. The second-order valence-electron chi connectivity index (χ2n) is 4.91. The van der Waals surface area contributed by atoms with Gasteiger partial charge >= 0.3 is 5.97 Å². The molecule has 0 saturated heterocycles. The van der Waals surface area contributed by atoms with Crippen LogP contribution in [0.3, 0.4) is 0 Å². The molecule has 1 aromatic heterocycles. The van der Waals surface area contributed by atoms with Crippen molar-refractivity contribution in [3.63, 3.8) is 0 Å². The number of carboxylic acid groups (broad SMARTS) is 1. The van der Waals surface area contributed by atoms with Crippen LogP contribution in [0.25, 0.3) is 10.9 Å². The van der Waals surface area contributed by atoms with Gasteiger partial charge in [-0.2, -0.15) is 5.10 Å². The number of carbonyl (C=O) groups excluding carboxylic acids is 1. The topological polar surface area (TPSA) is 86.3 Å². The number of benzene rings is 1. The van der Waals surface area contributed by atoms with E-state index in [0.717, 1.165) is 10.9 Å². The second kappa shape index (κ2) is 5.73. The molecule has 20 heavy (non-hydrogen) atoms. The highest BCUT2D eigenvalue weighted by molar-refractivity contribution is 5.88. The number of nitrogens with one attached hydrogen (secondary N) is 1. The Morgan fingerprint density at radius 1 is 1.35 bits per heavy atom. The third-order valence-electron chi connectivity index (χ3n) is 3.12. The summed E-state index contributed by atoms with van der Waals surface area (Å²) in [5.41, 5.74) is 1.51. The lowest BCUT2D eigenvalue weighted by atomic mass is 10.1. The van der Waals surface area contributed by atoms with Crippen molar-refractivity contribution in [3.8, 4) is 0 Å². The Bertz CT molecular complexity index is 633. The predicted molar refractivity (Wildman–Crippen MR) is 74.3 cm³/mol. The number of aliphatic carboxylic acids is 1. The van der Waals surface area contributed by atoms with Crippen LogP contribution in [0.4, 0.5) is 0 Å². The number of fused-ring (bicyclic) bond motifs is 1. The number of amides is 1. The van der Waals surface area contributed by atoms with Gasteiger partial charge in [-0.1, -0.05) is 18.2 Å². The zero-order valence-electron chi connectivity index (χ0n) is 11.5. The quantitative estimate of drug-likeness (QED) is 0.864. The molecule has 1 amide bonds. The Kier molecular flexibility index (Phi) is 4.02. The average Bonchev–Trinajstić information content (AvgIpc) is 2.79. The predicted octanol–water partition coefficient (Wildman–Crippen LogP) is 1.43. The number of hydrogen-bond acceptors (Lipinski definition) is 3. The number of carbonyl (C=O) groups is 2. The molecule has 2 rings (SSSR count). The maximum atomic E-state index is 12.2. The van der Waals surface area contributed by atoms with Gasteiger partial charge in [0, 0.05) is 11.4 Å². The first-order valence-electron chi connectivity index (χ1n) is 6.42. The van der Waals surface area contributed by atoms with E-state index in [0.29, 0.717) is 5.69 Å². The first-order valence-corrected chi connectivity index (χ1v) is 6.42. The molecule has 0 unspecified atom stereocenters. The van der Waals surface area contributed by atoms with Crippen molar-refractivity contribution < 1.29 is 14.7 Å². The minimum atomic E-state index is -1.01. The number of rotatable bonds is 5. The first-order chi connectivity index (χ1) is 9.49. The molecule has 0 spiro atoms. The molecule has 0 aliphatic carbocycles. The van der Waals surface area contributed by atoms with E-state index < -0.39 is 5.97 Å². The van der Waals surface area contributed by atoms with Crippen LogP contribution in [0.15, 0.2) is 24.3 Å². The third kappa shape index (κ3) is 2.96. The van der Waals surface area contributed by atoms with E-state index in [1.54, 1.807) is 13.8 Å². The fourth-order valence-corrected chi connectivity index (χ4v) is 2.11. The summed E-state index contributed by atoms with van der Waals surface area (Å²) in [4.78, 5) is 24.4. The molecule has 106 valence electrons. The summed E-state index contributed by atoms with van der Waals surface area (Å²) in [6, 6.07) is 7.34. The van der Waals surface area contributed by atoms with Gasteiger partial charge in [-0.25, -0.2) is 0 Å². The van der Waals surface area contributed by atoms with Gasteiger partial charge in [-0.3, -0.25) is 14.7 Å². The number of para-hydroxylation sites is 1. The molecule has 0 fully saturated rings. The Hall–Kier alpha value is -2.37. The summed E-state index contributed by atoms with van der Waals surface area (Å²) < 4.78 is 0. The lowest BCUT2D eigenvalue weighted by molar-refractivity contribution is -0.145. The highest BCUT2D eigenvalue weighted by atomic mass is 16.4. The van der Waals surface area contributed by atoms with Gasteiger partial charge in [0.15, 0.2) is 0 Å². The van der Waals surface area contributed by atoms with Crippen LogP contribution >= 0.6 is 0 Å². The number of hydrogen-bond donors (Lipinski definition) is 2. The van der Waals surface area contributed by atoms with E-state index >= 15 is 0 Å². The number of aromatic nitrogens is 2. The van der Waals surface area contributed by atoms with E-state index in [4.69, 9.17) is 5.11 Å². The highest BCUT2D eigenvalue weighted by Gasteiger charge is 2.21. The third-order valence-corrected chi connectivity index (χ3v) is 3.12. The minimum Gasteiger partial charge on any atom is -0.480 e. The molecule has 1 aromatic carbocycles. The molecule has 0 bridgehead atoms. The number of carboxylic acids is 1. The summed E-state index contributed by atoms with van der Waals surface area (Å²) in [7, 11) is 0. The summed E-state index contributed by atoms with van der Waals surface area (Å²) in [5.74, 6) is -1.24. The van der Waals surface area contributed by atoms with Crippen molar-refractivity contribution in [1.82, 2.24) is 15.1 Å². The van der Waals surface area contributed by atoms with Crippen LogP contribution in [-0.4, -0.2) is 44.7 Å². The summed E-state index contributed by atoms with van der Waals surface area (Å²) in [6.45, 7) is 3.31.